The first-order valence-corrected chi connectivity index (χ1v) is 9.45. The first-order valence-electron chi connectivity index (χ1n) is 9.45. The Balaban J connectivity index is 1.49. The van der Waals surface area contributed by atoms with E-state index >= 15 is 0 Å². The lowest BCUT2D eigenvalue weighted by Crippen LogP contribution is -2.34. The molecule has 1 atom stereocenters. The van der Waals surface area contributed by atoms with Crippen molar-refractivity contribution in [3.05, 3.63) is 54.1 Å². The zero-order valence-electron chi connectivity index (χ0n) is 16.2. The summed E-state index contributed by atoms with van der Waals surface area (Å²) in [7, 11) is 0. The Bertz CT molecular complexity index is 854. The Morgan fingerprint density at radius 1 is 1.03 bits per heavy atom. The van der Waals surface area contributed by atoms with Crippen LogP contribution in [0.15, 0.2) is 48.5 Å². The molecule has 0 saturated carbocycles. The van der Waals surface area contributed by atoms with Gasteiger partial charge < -0.3 is 19.5 Å². The molecular formula is C22H23NO6. The van der Waals surface area contributed by atoms with Crippen LogP contribution >= 0.6 is 0 Å². The highest BCUT2D eigenvalue weighted by molar-refractivity contribution is 5.91. The quantitative estimate of drug-likeness (QED) is 0.571. The van der Waals surface area contributed by atoms with Gasteiger partial charge in [-0.3, -0.25) is 9.59 Å². The zero-order chi connectivity index (χ0) is 20.6. The van der Waals surface area contributed by atoms with Crippen LogP contribution in [0.4, 0.5) is 0 Å². The largest absolute Gasteiger partial charge is 0.452 e. The number of nitrogens with one attached hydrogen (secondary N) is 1. The Morgan fingerprint density at radius 2 is 1.69 bits per heavy atom. The van der Waals surface area contributed by atoms with E-state index in [1.165, 1.54) is 6.92 Å². The van der Waals surface area contributed by atoms with Gasteiger partial charge in [0.1, 0.15) is 5.75 Å². The first-order chi connectivity index (χ1) is 14.0. The lowest BCUT2D eigenvalue weighted by atomic mass is 10.0. The minimum Gasteiger partial charge on any atom is -0.452 e. The van der Waals surface area contributed by atoms with Crippen molar-refractivity contribution in [3.8, 4) is 16.9 Å². The van der Waals surface area contributed by atoms with Gasteiger partial charge in [0.15, 0.2) is 6.61 Å². The summed E-state index contributed by atoms with van der Waals surface area (Å²) in [6.07, 6.45) is 1.98. The zero-order valence-corrected chi connectivity index (χ0v) is 16.2. The molecule has 1 amide bonds. The van der Waals surface area contributed by atoms with Crippen molar-refractivity contribution in [2.45, 2.75) is 25.9 Å². The van der Waals surface area contributed by atoms with Crippen LogP contribution in [0.2, 0.25) is 0 Å². The summed E-state index contributed by atoms with van der Waals surface area (Å²) in [4.78, 5) is 34.9. The van der Waals surface area contributed by atoms with E-state index in [-0.39, 0.29) is 24.6 Å². The summed E-state index contributed by atoms with van der Waals surface area (Å²) in [5, 5.41) is 2.71. The third-order valence-corrected chi connectivity index (χ3v) is 4.46. The molecule has 0 aliphatic carbocycles. The van der Waals surface area contributed by atoms with Crippen molar-refractivity contribution in [2.24, 2.45) is 0 Å². The second-order valence-corrected chi connectivity index (χ2v) is 6.71. The van der Waals surface area contributed by atoms with Crippen LogP contribution in [0.3, 0.4) is 0 Å². The van der Waals surface area contributed by atoms with Crippen molar-refractivity contribution in [2.75, 3.05) is 19.8 Å². The first kappa shape index (κ1) is 20.5. The van der Waals surface area contributed by atoms with Gasteiger partial charge in [0.2, 0.25) is 0 Å². The molecular weight excluding hydrogens is 374 g/mol. The number of hydrogen-bond acceptors (Lipinski definition) is 6. The molecule has 2 aromatic carbocycles. The molecule has 1 fully saturated rings. The van der Waals surface area contributed by atoms with Crippen molar-refractivity contribution in [1.82, 2.24) is 5.32 Å². The highest BCUT2D eigenvalue weighted by Crippen LogP contribution is 2.23. The van der Waals surface area contributed by atoms with Crippen molar-refractivity contribution in [1.29, 1.82) is 0 Å². The maximum atomic E-state index is 12.1. The molecule has 0 radical (unpaired) electrons. The van der Waals surface area contributed by atoms with E-state index in [0.29, 0.717) is 17.9 Å². The van der Waals surface area contributed by atoms with Gasteiger partial charge in [-0.2, -0.15) is 0 Å². The molecule has 1 N–H and O–H groups in total. The second kappa shape index (κ2) is 9.84. The van der Waals surface area contributed by atoms with Crippen LogP contribution in [-0.4, -0.2) is 43.7 Å². The van der Waals surface area contributed by atoms with Crippen molar-refractivity contribution in [3.63, 3.8) is 0 Å². The lowest BCUT2D eigenvalue weighted by molar-refractivity contribution is -0.131. The number of amides is 1. The molecule has 7 heteroatoms. The topological polar surface area (TPSA) is 90.9 Å². The molecule has 1 heterocycles. The average Bonchev–Trinajstić information content (AvgIpc) is 3.24. The van der Waals surface area contributed by atoms with E-state index in [0.717, 1.165) is 30.6 Å². The maximum absolute atomic E-state index is 12.1. The van der Waals surface area contributed by atoms with E-state index in [1.54, 1.807) is 36.4 Å². The molecule has 0 spiro atoms. The summed E-state index contributed by atoms with van der Waals surface area (Å²) < 4.78 is 15.5. The fraction of sp³-hybridized carbons (Fsp3) is 0.318. The Morgan fingerprint density at radius 3 is 2.28 bits per heavy atom. The summed E-state index contributed by atoms with van der Waals surface area (Å²) in [5.74, 6) is -0.812. The number of benzene rings is 2. The molecule has 152 valence electrons. The fourth-order valence-electron chi connectivity index (χ4n) is 2.98. The summed E-state index contributed by atoms with van der Waals surface area (Å²) >= 11 is 0. The van der Waals surface area contributed by atoms with Gasteiger partial charge in [0.25, 0.3) is 5.91 Å². The second-order valence-electron chi connectivity index (χ2n) is 6.71. The molecule has 1 aliphatic heterocycles. The minimum atomic E-state index is -0.561. The van der Waals surface area contributed by atoms with Gasteiger partial charge in [-0.05, 0) is 48.2 Å². The predicted molar refractivity (Wildman–Crippen MR) is 105 cm³/mol. The highest BCUT2D eigenvalue weighted by atomic mass is 16.5. The number of carbonyl (C=O) groups excluding carboxylic acids is 3. The van der Waals surface area contributed by atoms with Crippen LogP contribution in [-0.2, 0) is 19.1 Å². The van der Waals surface area contributed by atoms with E-state index in [1.807, 2.05) is 12.1 Å². The highest BCUT2D eigenvalue weighted by Gasteiger charge is 2.17. The van der Waals surface area contributed by atoms with Crippen molar-refractivity contribution >= 4 is 17.8 Å². The fourth-order valence-corrected chi connectivity index (χ4v) is 2.98. The third-order valence-electron chi connectivity index (χ3n) is 4.46. The standard InChI is InChI=1S/C22H23NO6/c1-15(24)29-19-10-8-17(9-11-19)16-4-6-18(7-5-16)22(26)28-14-21(25)23-13-20-3-2-12-27-20/h4-11,20H,2-3,12-14H2,1H3,(H,23,25)/t20-/m1/s1. The van der Waals surface area contributed by atoms with Gasteiger partial charge in [-0.25, -0.2) is 4.79 Å². The van der Waals surface area contributed by atoms with Crippen LogP contribution in [0.1, 0.15) is 30.1 Å². The number of esters is 2. The molecule has 1 saturated heterocycles. The number of rotatable bonds is 7. The van der Waals surface area contributed by atoms with E-state index in [2.05, 4.69) is 5.32 Å². The minimum absolute atomic E-state index is 0.0466. The smallest absolute Gasteiger partial charge is 0.338 e. The normalized spacial score (nSPS) is 15.6. The van der Waals surface area contributed by atoms with Crippen LogP contribution in [0, 0.1) is 0 Å². The Kier molecular flexibility index (Phi) is 6.97. The number of hydrogen-bond donors (Lipinski definition) is 1. The summed E-state index contributed by atoms with van der Waals surface area (Å²) in [6.45, 7) is 2.17. The van der Waals surface area contributed by atoms with Crippen LogP contribution < -0.4 is 10.1 Å². The SMILES string of the molecule is CC(=O)Oc1ccc(-c2ccc(C(=O)OCC(=O)NC[C@H]3CCCO3)cc2)cc1. The lowest BCUT2D eigenvalue weighted by Gasteiger charge is -2.11. The van der Waals surface area contributed by atoms with E-state index in [9.17, 15) is 14.4 Å². The van der Waals surface area contributed by atoms with Gasteiger partial charge in [0, 0.05) is 20.1 Å². The maximum Gasteiger partial charge on any atom is 0.338 e. The molecule has 7 nitrogen and oxygen atoms in total. The third kappa shape index (κ3) is 6.15. The van der Waals surface area contributed by atoms with Gasteiger partial charge >= 0.3 is 11.9 Å². The summed E-state index contributed by atoms with van der Waals surface area (Å²) in [6, 6.07) is 13.9. The Hall–Kier alpha value is -3.19. The molecule has 0 aromatic heterocycles. The molecule has 29 heavy (non-hydrogen) atoms. The van der Waals surface area contributed by atoms with Crippen LogP contribution in [0.25, 0.3) is 11.1 Å². The molecule has 1 aliphatic rings. The number of carbonyl (C=O) groups is 3. The van der Waals surface area contributed by atoms with Crippen LogP contribution in [0.5, 0.6) is 5.75 Å². The monoisotopic (exact) mass is 397 g/mol. The van der Waals surface area contributed by atoms with E-state index < -0.39 is 5.97 Å². The Labute approximate surface area is 169 Å². The van der Waals surface area contributed by atoms with Gasteiger partial charge in [-0.15, -0.1) is 0 Å². The molecule has 2 aromatic rings. The van der Waals surface area contributed by atoms with Gasteiger partial charge in [0.05, 0.1) is 11.7 Å². The molecule has 0 unspecified atom stereocenters. The predicted octanol–water partition coefficient (Wildman–Crippen LogP) is 2.73. The van der Waals surface area contributed by atoms with Crippen molar-refractivity contribution < 1.29 is 28.6 Å². The molecule has 3 rings (SSSR count). The average molecular weight is 397 g/mol. The van der Waals surface area contributed by atoms with Gasteiger partial charge in [-0.1, -0.05) is 24.3 Å². The molecule has 0 bridgehead atoms. The summed E-state index contributed by atoms with van der Waals surface area (Å²) in [5.41, 5.74) is 2.16. The number of ether oxygens (including phenoxy) is 3. The van der Waals surface area contributed by atoms with E-state index in [4.69, 9.17) is 14.2 Å².